The van der Waals surface area contributed by atoms with Gasteiger partial charge in [-0.25, -0.2) is 0 Å². The lowest BCUT2D eigenvalue weighted by Crippen LogP contribution is -2.37. The lowest BCUT2D eigenvalue weighted by molar-refractivity contribution is 0.208. The molecule has 2 rings (SSSR count). The summed E-state index contributed by atoms with van der Waals surface area (Å²) in [5, 5.41) is 18.4. The van der Waals surface area contributed by atoms with Crippen LogP contribution in [-0.2, 0) is 6.61 Å². The lowest BCUT2D eigenvalue weighted by atomic mass is 9.98. The number of aromatic nitrogens is 1. The van der Waals surface area contributed by atoms with Crippen molar-refractivity contribution < 1.29 is 10.2 Å². The van der Waals surface area contributed by atoms with E-state index in [2.05, 4.69) is 9.88 Å². The van der Waals surface area contributed by atoms with Gasteiger partial charge in [-0.15, -0.1) is 0 Å². The molecular formula is C12H18N2O2. The number of aliphatic hydroxyl groups excluding tert-OH is 2. The maximum atomic E-state index is 9.26. The number of rotatable bonds is 3. The summed E-state index contributed by atoms with van der Waals surface area (Å²) in [5.41, 5.74) is 1.91. The molecule has 0 aromatic carbocycles. The Labute approximate surface area is 95.5 Å². The van der Waals surface area contributed by atoms with Crippen LogP contribution >= 0.6 is 0 Å². The second-order valence-corrected chi connectivity index (χ2v) is 4.30. The summed E-state index contributed by atoms with van der Waals surface area (Å²) in [6.07, 6.45) is 5.64. The summed E-state index contributed by atoms with van der Waals surface area (Å²) in [4.78, 5) is 6.25. The largest absolute Gasteiger partial charge is 0.396 e. The Bertz CT molecular complexity index is 344. The highest BCUT2D eigenvalue weighted by molar-refractivity contribution is 5.52. The molecule has 4 nitrogen and oxygen atoms in total. The van der Waals surface area contributed by atoms with Crippen molar-refractivity contribution in [3.63, 3.8) is 0 Å². The van der Waals surface area contributed by atoms with Crippen LogP contribution in [0.3, 0.4) is 0 Å². The smallest absolute Gasteiger partial charge is 0.0717 e. The molecule has 0 bridgehead atoms. The minimum Gasteiger partial charge on any atom is -0.396 e. The highest BCUT2D eigenvalue weighted by Crippen LogP contribution is 2.25. The standard InChI is InChI=1S/C12H18N2O2/c15-8-10-2-1-5-14(7-10)12-3-4-13-6-11(12)9-16/h3-4,6,10,15-16H,1-2,5,7-9H2. The van der Waals surface area contributed by atoms with Crippen LogP contribution in [-0.4, -0.2) is 34.9 Å². The monoisotopic (exact) mass is 222 g/mol. The second-order valence-electron chi connectivity index (χ2n) is 4.30. The lowest BCUT2D eigenvalue weighted by Gasteiger charge is -2.34. The average Bonchev–Trinajstić information content (AvgIpc) is 2.38. The molecule has 2 N–H and O–H groups in total. The van der Waals surface area contributed by atoms with Gasteiger partial charge in [-0.05, 0) is 24.8 Å². The van der Waals surface area contributed by atoms with E-state index in [1.54, 1.807) is 12.4 Å². The van der Waals surface area contributed by atoms with Crippen molar-refractivity contribution in [2.75, 3.05) is 24.6 Å². The average molecular weight is 222 g/mol. The van der Waals surface area contributed by atoms with E-state index < -0.39 is 0 Å². The summed E-state index contributed by atoms with van der Waals surface area (Å²) in [7, 11) is 0. The van der Waals surface area contributed by atoms with Crippen molar-refractivity contribution >= 4 is 5.69 Å². The molecule has 1 aliphatic heterocycles. The Balaban J connectivity index is 2.16. The van der Waals surface area contributed by atoms with Gasteiger partial charge in [-0.3, -0.25) is 4.98 Å². The van der Waals surface area contributed by atoms with Gasteiger partial charge in [0.1, 0.15) is 0 Å². The van der Waals surface area contributed by atoms with E-state index in [0.29, 0.717) is 5.92 Å². The number of pyridine rings is 1. The number of anilines is 1. The van der Waals surface area contributed by atoms with Crippen LogP contribution in [0.25, 0.3) is 0 Å². The first-order valence-corrected chi connectivity index (χ1v) is 5.74. The topological polar surface area (TPSA) is 56.6 Å². The summed E-state index contributed by atoms with van der Waals surface area (Å²) >= 11 is 0. The Morgan fingerprint density at radius 2 is 2.31 bits per heavy atom. The zero-order valence-electron chi connectivity index (χ0n) is 9.34. The third-order valence-electron chi connectivity index (χ3n) is 3.17. The normalized spacial score (nSPS) is 21.1. The molecule has 1 saturated heterocycles. The zero-order valence-corrected chi connectivity index (χ0v) is 9.34. The third kappa shape index (κ3) is 2.33. The highest BCUT2D eigenvalue weighted by atomic mass is 16.3. The van der Waals surface area contributed by atoms with Crippen LogP contribution in [0.4, 0.5) is 5.69 Å². The van der Waals surface area contributed by atoms with Crippen molar-refractivity contribution in [2.24, 2.45) is 5.92 Å². The Kier molecular flexibility index (Phi) is 3.74. The first-order valence-electron chi connectivity index (χ1n) is 5.74. The molecule has 1 aliphatic rings. The number of nitrogens with zero attached hydrogens (tertiary/aromatic N) is 2. The minimum atomic E-state index is 0.0173. The van der Waals surface area contributed by atoms with E-state index in [4.69, 9.17) is 0 Å². The number of hydrogen-bond donors (Lipinski definition) is 2. The van der Waals surface area contributed by atoms with E-state index in [9.17, 15) is 10.2 Å². The summed E-state index contributed by atoms with van der Waals surface area (Å²) < 4.78 is 0. The molecule has 16 heavy (non-hydrogen) atoms. The maximum absolute atomic E-state index is 9.26. The summed E-state index contributed by atoms with van der Waals surface area (Å²) in [5.74, 6) is 0.355. The van der Waals surface area contributed by atoms with Crippen LogP contribution < -0.4 is 4.90 Å². The molecule has 0 aliphatic carbocycles. The molecule has 0 spiro atoms. The van der Waals surface area contributed by atoms with Crippen molar-refractivity contribution in [3.05, 3.63) is 24.0 Å². The van der Waals surface area contributed by atoms with E-state index in [1.165, 1.54) is 0 Å². The van der Waals surface area contributed by atoms with Crippen LogP contribution in [0, 0.1) is 5.92 Å². The van der Waals surface area contributed by atoms with E-state index >= 15 is 0 Å². The van der Waals surface area contributed by atoms with Crippen molar-refractivity contribution in [1.82, 2.24) is 4.98 Å². The molecular weight excluding hydrogens is 204 g/mol. The molecule has 2 heterocycles. The fraction of sp³-hybridized carbons (Fsp3) is 0.583. The molecule has 4 heteroatoms. The number of aliphatic hydroxyl groups is 2. The molecule has 1 aromatic rings. The SMILES string of the molecule is OCc1cnccc1N1CCCC(CO)C1. The molecule has 1 atom stereocenters. The molecule has 1 aromatic heterocycles. The van der Waals surface area contributed by atoms with Gasteiger partial charge in [0.15, 0.2) is 0 Å². The van der Waals surface area contributed by atoms with Crippen LogP contribution in [0.5, 0.6) is 0 Å². The fourth-order valence-corrected chi connectivity index (χ4v) is 2.28. The summed E-state index contributed by atoms with van der Waals surface area (Å²) in [6, 6.07) is 1.94. The van der Waals surface area contributed by atoms with Crippen LogP contribution in [0.15, 0.2) is 18.5 Å². The van der Waals surface area contributed by atoms with Gasteiger partial charge in [0.2, 0.25) is 0 Å². The minimum absolute atomic E-state index is 0.0173. The molecule has 0 saturated carbocycles. The van der Waals surface area contributed by atoms with Gasteiger partial charge in [0, 0.05) is 43.3 Å². The van der Waals surface area contributed by atoms with Gasteiger partial charge in [0.05, 0.1) is 6.61 Å². The molecule has 1 fully saturated rings. The third-order valence-corrected chi connectivity index (χ3v) is 3.17. The Hall–Kier alpha value is -1.13. The first kappa shape index (κ1) is 11.4. The molecule has 1 unspecified atom stereocenters. The second kappa shape index (κ2) is 5.27. The fourth-order valence-electron chi connectivity index (χ4n) is 2.28. The Morgan fingerprint density at radius 1 is 1.44 bits per heavy atom. The van der Waals surface area contributed by atoms with Gasteiger partial charge >= 0.3 is 0 Å². The van der Waals surface area contributed by atoms with Gasteiger partial charge in [-0.1, -0.05) is 0 Å². The predicted molar refractivity (Wildman–Crippen MR) is 62.2 cm³/mol. The Morgan fingerprint density at radius 3 is 3.06 bits per heavy atom. The quantitative estimate of drug-likeness (QED) is 0.793. The van der Waals surface area contributed by atoms with Gasteiger partial charge in [-0.2, -0.15) is 0 Å². The summed E-state index contributed by atoms with van der Waals surface area (Å²) in [6.45, 7) is 2.13. The molecule has 0 radical (unpaired) electrons. The van der Waals surface area contributed by atoms with Crippen LogP contribution in [0.1, 0.15) is 18.4 Å². The van der Waals surface area contributed by atoms with Crippen molar-refractivity contribution in [2.45, 2.75) is 19.4 Å². The zero-order chi connectivity index (χ0) is 11.4. The van der Waals surface area contributed by atoms with Crippen molar-refractivity contribution in [3.8, 4) is 0 Å². The van der Waals surface area contributed by atoms with Gasteiger partial charge < -0.3 is 15.1 Å². The first-order chi connectivity index (χ1) is 7.85. The molecule has 0 amide bonds. The number of piperidine rings is 1. The van der Waals surface area contributed by atoms with Crippen LogP contribution in [0.2, 0.25) is 0 Å². The van der Waals surface area contributed by atoms with E-state index in [1.807, 2.05) is 6.07 Å². The van der Waals surface area contributed by atoms with E-state index in [0.717, 1.165) is 37.2 Å². The van der Waals surface area contributed by atoms with Gasteiger partial charge in [0.25, 0.3) is 0 Å². The maximum Gasteiger partial charge on any atom is 0.0717 e. The number of hydrogen-bond acceptors (Lipinski definition) is 4. The van der Waals surface area contributed by atoms with E-state index in [-0.39, 0.29) is 13.2 Å². The highest BCUT2D eigenvalue weighted by Gasteiger charge is 2.20. The predicted octanol–water partition coefficient (Wildman–Crippen LogP) is 0.783. The molecule has 88 valence electrons. The van der Waals surface area contributed by atoms with Crippen molar-refractivity contribution in [1.29, 1.82) is 0 Å².